The van der Waals surface area contributed by atoms with Crippen molar-refractivity contribution in [2.75, 3.05) is 19.6 Å². The average Bonchev–Trinajstić information content (AvgIpc) is 2.08. The highest BCUT2D eigenvalue weighted by Crippen LogP contribution is 2.21. The summed E-state index contributed by atoms with van der Waals surface area (Å²) in [6.07, 6.45) is 5.39. The van der Waals surface area contributed by atoms with Crippen LogP contribution in [0.2, 0.25) is 0 Å². The summed E-state index contributed by atoms with van der Waals surface area (Å²) in [6, 6.07) is 0. The molecule has 0 amide bonds. The quantitative estimate of drug-likeness (QED) is 0.561. The van der Waals surface area contributed by atoms with Gasteiger partial charge in [-0.15, -0.1) is 0 Å². The summed E-state index contributed by atoms with van der Waals surface area (Å²) < 4.78 is 0. The molecule has 0 saturated heterocycles. The topological polar surface area (TPSA) is 3.24 Å². The minimum atomic E-state index is 0.516. The summed E-state index contributed by atoms with van der Waals surface area (Å²) >= 11 is 0. The fraction of sp³-hybridized carbons (Fsp3) is 1.00. The molecule has 0 aliphatic heterocycles. The van der Waals surface area contributed by atoms with Gasteiger partial charge in [0.05, 0.1) is 0 Å². The Kier molecular flexibility index (Phi) is 7.26. The van der Waals surface area contributed by atoms with Crippen molar-refractivity contribution in [1.29, 1.82) is 0 Å². The highest BCUT2D eigenvalue weighted by molar-refractivity contribution is 4.62. The second-order valence-electron chi connectivity index (χ2n) is 5.45. The van der Waals surface area contributed by atoms with Crippen LogP contribution in [-0.2, 0) is 0 Å². The van der Waals surface area contributed by atoms with Gasteiger partial charge in [0.25, 0.3) is 0 Å². The van der Waals surface area contributed by atoms with Gasteiger partial charge in [0, 0.05) is 0 Å². The molecule has 0 rings (SSSR count). The average molecular weight is 199 g/mol. The second kappa shape index (κ2) is 7.28. The van der Waals surface area contributed by atoms with Crippen LogP contribution in [0.5, 0.6) is 0 Å². The van der Waals surface area contributed by atoms with Crippen molar-refractivity contribution in [1.82, 2.24) is 4.90 Å². The van der Waals surface area contributed by atoms with Gasteiger partial charge in [-0.05, 0) is 44.3 Å². The van der Waals surface area contributed by atoms with Gasteiger partial charge in [-0.1, -0.05) is 41.0 Å². The van der Waals surface area contributed by atoms with Crippen molar-refractivity contribution < 1.29 is 0 Å². The molecule has 0 N–H and O–H groups in total. The Morgan fingerprint density at radius 3 is 2.00 bits per heavy atom. The molecule has 0 spiro atoms. The summed E-state index contributed by atoms with van der Waals surface area (Å²) in [4.78, 5) is 2.56. The number of hydrogen-bond donors (Lipinski definition) is 0. The summed E-state index contributed by atoms with van der Waals surface area (Å²) in [6.45, 7) is 15.3. The monoisotopic (exact) mass is 199 g/mol. The first-order valence-electron chi connectivity index (χ1n) is 6.22. The zero-order valence-electron chi connectivity index (χ0n) is 10.9. The molecule has 86 valence electrons. The predicted molar refractivity (Wildman–Crippen MR) is 65.7 cm³/mol. The van der Waals surface area contributed by atoms with Gasteiger partial charge in [-0.3, -0.25) is 0 Å². The Morgan fingerprint density at radius 1 is 0.929 bits per heavy atom. The van der Waals surface area contributed by atoms with E-state index < -0.39 is 0 Å². The van der Waals surface area contributed by atoms with E-state index in [1.165, 1.54) is 45.3 Å². The van der Waals surface area contributed by atoms with E-state index in [0.717, 1.165) is 0 Å². The molecule has 1 heteroatoms. The van der Waals surface area contributed by atoms with Crippen LogP contribution < -0.4 is 0 Å². The highest BCUT2D eigenvalue weighted by Gasteiger charge is 2.09. The smallest absolute Gasteiger partial charge is 0.00189 e. The molecule has 0 aliphatic rings. The molecule has 0 bridgehead atoms. The SMILES string of the molecule is CCCN(CC)CCCCC(C)(C)C. The maximum atomic E-state index is 2.56. The molecule has 1 nitrogen and oxygen atoms in total. The third-order valence-electron chi connectivity index (χ3n) is 2.64. The summed E-state index contributed by atoms with van der Waals surface area (Å²) in [7, 11) is 0. The maximum Gasteiger partial charge on any atom is -0.00189 e. The Morgan fingerprint density at radius 2 is 1.57 bits per heavy atom. The van der Waals surface area contributed by atoms with E-state index in [0.29, 0.717) is 5.41 Å². The van der Waals surface area contributed by atoms with Crippen molar-refractivity contribution in [2.45, 2.75) is 60.3 Å². The Labute approximate surface area is 90.9 Å². The Balaban J connectivity index is 3.42. The van der Waals surface area contributed by atoms with E-state index >= 15 is 0 Å². The lowest BCUT2D eigenvalue weighted by atomic mass is 9.90. The van der Waals surface area contributed by atoms with Gasteiger partial charge >= 0.3 is 0 Å². The number of hydrogen-bond acceptors (Lipinski definition) is 1. The standard InChI is InChI=1S/C13H29N/c1-6-11-14(7-2)12-9-8-10-13(3,4)5/h6-12H2,1-5H3. The van der Waals surface area contributed by atoms with Crippen LogP contribution in [0.4, 0.5) is 0 Å². The molecule has 0 saturated carbocycles. The normalized spacial score (nSPS) is 12.4. The van der Waals surface area contributed by atoms with E-state index in [1.807, 2.05) is 0 Å². The summed E-state index contributed by atoms with van der Waals surface area (Å²) in [5.74, 6) is 0. The van der Waals surface area contributed by atoms with Gasteiger partial charge < -0.3 is 4.90 Å². The molecule has 0 aliphatic carbocycles. The van der Waals surface area contributed by atoms with Gasteiger partial charge in [0.1, 0.15) is 0 Å². The minimum absolute atomic E-state index is 0.516. The molecule has 14 heavy (non-hydrogen) atoms. The zero-order valence-corrected chi connectivity index (χ0v) is 10.9. The molecule has 0 aromatic heterocycles. The maximum absolute atomic E-state index is 2.56. The first kappa shape index (κ1) is 14.0. The highest BCUT2D eigenvalue weighted by atomic mass is 15.1. The molecule has 0 radical (unpaired) electrons. The predicted octanol–water partition coefficient (Wildman–Crippen LogP) is 3.93. The van der Waals surface area contributed by atoms with Crippen LogP contribution in [0, 0.1) is 5.41 Å². The van der Waals surface area contributed by atoms with Crippen molar-refractivity contribution in [3.63, 3.8) is 0 Å². The van der Waals surface area contributed by atoms with Crippen LogP contribution in [0.25, 0.3) is 0 Å². The molecule has 0 fully saturated rings. The Bertz CT molecular complexity index is 124. The molecular formula is C13H29N. The van der Waals surface area contributed by atoms with Gasteiger partial charge in [0.2, 0.25) is 0 Å². The lowest BCUT2D eigenvalue weighted by Crippen LogP contribution is -2.25. The van der Waals surface area contributed by atoms with Crippen LogP contribution in [-0.4, -0.2) is 24.5 Å². The first-order valence-corrected chi connectivity index (χ1v) is 6.22. The number of rotatable bonds is 7. The van der Waals surface area contributed by atoms with E-state index in [-0.39, 0.29) is 0 Å². The molecule has 0 heterocycles. The van der Waals surface area contributed by atoms with Gasteiger partial charge in [-0.25, -0.2) is 0 Å². The van der Waals surface area contributed by atoms with Crippen LogP contribution in [0.15, 0.2) is 0 Å². The van der Waals surface area contributed by atoms with E-state index in [9.17, 15) is 0 Å². The molecular weight excluding hydrogens is 170 g/mol. The molecule has 0 unspecified atom stereocenters. The number of unbranched alkanes of at least 4 members (excludes halogenated alkanes) is 1. The third-order valence-corrected chi connectivity index (χ3v) is 2.64. The first-order chi connectivity index (χ1) is 6.49. The Hall–Kier alpha value is -0.0400. The van der Waals surface area contributed by atoms with Gasteiger partial charge in [0.15, 0.2) is 0 Å². The lowest BCUT2D eigenvalue weighted by molar-refractivity contribution is 0.270. The molecule has 0 aromatic carbocycles. The van der Waals surface area contributed by atoms with Crippen molar-refractivity contribution >= 4 is 0 Å². The van der Waals surface area contributed by atoms with Crippen molar-refractivity contribution in [2.24, 2.45) is 5.41 Å². The van der Waals surface area contributed by atoms with Gasteiger partial charge in [-0.2, -0.15) is 0 Å². The van der Waals surface area contributed by atoms with E-state index in [2.05, 4.69) is 39.5 Å². The minimum Gasteiger partial charge on any atom is -0.304 e. The molecule has 0 aromatic rings. The fourth-order valence-electron chi connectivity index (χ4n) is 1.73. The van der Waals surface area contributed by atoms with Crippen molar-refractivity contribution in [3.05, 3.63) is 0 Å². The number of nitrogens with zero attached hydrogens (tertiary/aromatic N) is 1. The molecule has 0 atom stereocenters. The lowest BCUT2D eigenvalue weighted by Gasteiger charge is -2.21. The van der Waals surface area contributed by atoms with Crippen LogP contribution in [0.3, 0.4) is 0 Å². The summed E-state index contributed by atoms with van der Waals surface area (Å²) in [5.41, 5.74) is 0.516. The van der Waals surface area contributed by atoms with Crippen molar-refractivity contribution in [3.8, 4) is 0 Å². The zero-order chi connectivity index (χ0) is 11.0. The summed E-state index contributed by atoms with van der Waals surface area (Å²) in [5, 5.41) is 0. The third kappa shape index (κ3) is 8.55. The largest absolute Gasteiger partial charge is 0.304 e. The van der Waals surface area contributed by atoms with Crippen LogP contribution >= 0.6 is 0 Å². The van der Waals surface area contributed by atoms with Crippen LogP contribution in [0.1, 0.15) is 60.3 Å². The second-order valence-corrected chi connectivity index (χ2v) is 5.45. The van der Waals surface area contributed by atoms with E-state index in [4.69, 9.17) is 0 Å². The fourth-order valence-corrected chi connectivity index (χ4v) is 1.73. The van der Waals surface area contributed by atoms with E-state index in [1.54, 1.807) is 0 Å².